The Balaban J connectivity index is 1.91. The number of amides is 2. The zero-order valence-corrected chi connectivity index (χ0v) is 10.8. The van der Waals surface area contributed by atoms with Crippen molar-refractivity contribution in [1.29, 1.82) is 5.26 Å². The number of anilines is 1. The standard InChI is InChI=1S/C14H15N3O3/c15-7-10-3-1-2-4-11(10)17-13(20)12(19)16-8-14(9-18)5-6-14/h1-4,18H,5-6,8-9H2,(H,16,19)(H,17,20). The van der Waals surface area contributed by atoms with E-state index in [0.29, 0.717) is 11.3 Å². The molecule has 20 heavy (non-hydrogen) atoms. The van der Waals surface area contributed by atoms with Crippen molar-refractivity contribution in [2.45, 2.75) is 12.8 Å². The van der Waals surface area contributed by atoms with Crippen LogP contribution >= 0.6 is 0 Å². The molecule has 0 atom stereocenters. The predicted octanol–water partition coefficient (Wildman–Crippen LogP) is 0.385. The van der Waals surface area contributed by atoms with Crippen LogP contribution in [-0.4, -0.2) is 30.1 Å². The van der Waals surface area contributed by atoms with Crippen LogP contribution < -0.4 is 10.6 Å². The molecule has 1 aromatic carbocycles. The molecule has 0 radical (unpaired) electrons. The van der Waals surface area contributed by atoms with Gasteiger partial charge >= 0.3 is 11.8 Å². The molecule has 1 saturated carbocycles. The first-order chi connectivity index (χ1) is 9.60. The number of hydrogen-bond acceptors (Lipinski definition) is 4. The van der Waals surface area contributed by atoms with Crippen molar-refractivity contribution in [1.82, 2.24) is 5.32 Å². The smallest absolute Gasteiger partial charge is 0.313 e. The highest BCUT2D eigenvalue weighted by Crippen LogP contribution is 2.44. The van der Waals surface area contributed by atoms with E-state index in [-0.39, 0.29) is 18.6 Å². The van der Waals surface area contributed by atoms with Gasteiger partial charge in [0.05, 0.1) is 17.9 Å². The maximum absolute atomic E-state index is 11.7. The van der Waals surface area contributed by atoms with Crippen LogP contribution in [0.4, 0.5) is 5.69 Å². The normalized spacial score (nSPS) is 15.0. The van der Waals surface area contributed by atoms with Gasteiger partial charge in [0, 0.05) is 12.0 Å². The Labute approximate surface area is 116 Å². The fourth-order valence-corrected chi connectivity index (χ4v) is 1.78. The van der Waals surface area contributed by atoms with Gasteiger partial charge in [-0.3, -0.25) is 9.59 Å². The Morgan fingerprint density at radius 2 is 2.00 bits per heavy atom. The molecular weight excluding hydrogens is 258 g/mol. The SMILES string of the molecule is N#Cc1ccccc1NC(=O)C(=O)NCC1(CO)CC1. The molecule has 2 amide bonds. The highest BCUT2D eigenvalue weighted by atomic mass is 16.3. The van der Waals surface area contributed by atoms with Crippen molar-refractivity contribution in [3.63, 3.8) is 0 Å². The zero-order valence-electron chi connectivity index (χ0n) is 10.8. The fourth-order valence-electron chi connectivity index (χ4n) is 1.78. The van der Waals surface area contributed by atoms with Crippen molar-refractivity contribution >= 4 is 17.5 Å². The molecule has 0 unspecified atom stereocenters. The maximum Gasteiger partial charge on any atom is 0.313 e. The molecule has 0 aromatic heterocycles. The molecule has 104 valence electrons. The number of nitrogens with one attached hydrogen (secondary N) is 2. The molecule has 0 spiro atoms. The van der Waals surface area contributed by atoms with Crippen molar-refractivity contribution in [3.05, 3.63) is 29.8 Å². The summed E-state index contributed by atoms with van der Waals surface area (Å²) in [6.07, 6.45) is 1.70. The summed E-state index contributed by atoms with van der Waals surface area (Å²) in [5.74, 6) is -1.58. The van der Waals surface area contributed by atoms with Crippen LogP contribution in [0.15, 0.2) is 24.3 Å². The summed E-state index contributed by atoms with van der Waals surface area (Å²) in [6.45, 7) is 0.293. The van der Waals surface area contributed by atoms with Crippen LogP contribution in [0.5, 0.6) is 0 Å². The summed E-state index contributed by atoms with van der Waals surface area (Å²) >= 11 is 0. The van der Waals surface area contributed by atoms with E-state index in [0.717, 1.165) is 12.8 Å². The molecule has 3 N–H and O–H groups in total. The predicted molar refractivity (Wildman–Crippen MR) is 71.5 cm³/mol. The number of para-hydroxylation sites is 1. The van der Waals surface area contributed by atoms with Crippen LogP contribution in [0.2, 0.25) is 0 Å². The van der Waals surface area contributed by atoms with Crippen molar-refractivity contribution in [3.8, 4) is 6.07 Å². The van der Waals surface area contributed by atoms with E-state index in [1.54, 1.807) is 24.3 Å². The largest absolute Gasteiger partial charge is 0.396 e. The third-order valence-electron chi connectivity index (χ3n) is 3.42. The van der Waals surface area contributed by atoms with Crippen LogP contribution in [0, 0.1) is 16.7 Å². The molecule has 1 aromatic rings. The Kier molecular flexibility index (Phi) is 4.01. The van der Waals surface area contributed by atoms with E-state index in [9.17, 15) is 9.59 Å². The van der Waals surface area contributed by atoms with E-state index in [1.807, 2.05) is 6.07 Å². The highest BCUT2D eigenvalue weighted by Gasteiger charge is 2.42. The lowest BCUT2D eigenvalue weighted by atomic mass is 10.1. The monoisotopic (exact) mass is 273 g/mol. The van der Waals surface area contributed by atoms with Gasteiger partial charge in [0.2, 0.25) is 0 Å². The summed E-state index contributed by atoms with van der Waals surface area (Å²) in [5.41, 5.74) is 0.349. The first kappa shape index (κ1) is 14.0. The minimum absolute atomic E-state index is 0.00612. The average molecular weight is 273 g/mol. The summed E-state index contributed by atoms with van der Waals surface area (Å²) in [5, 5.41) is 22.9. The third kappa shape index (κ3) is 3.13. The van der Waals surface area contributed by atoms with Gasteiger partial charge < -0.3 is 15.7 Å². The number of rotatable bonds is 4. The lowest BCUT2D eigenvalue weighted by Crippen LogP contribution is -2.39. The lowest BCUT2D eigenvalue weighted by molar-refractivity contribution is -0.136. The zero-order chi connectivity index (χ0) is 14.6. The Morgan fingerprint density at radius 1 is 1.30 bits per heavy atom. The van der Waals surface area contributed by atoms with Crippen LogP contribution in [-0.2, 0) is 9.59 Å². The second-order valence-electron chi connectivity index (χ2n) is 4.95. The molecule has 0 saturated heterocycles. The highest BCUT2D eigenvalue weighted by molar-refractivity contribution is 6.39. The number of aliphatic hydroxyl groups is 1. The first-order valence-corrected chi connectivity index (χ1v) is 6.29. The number of aliphatic hydroxyl groups excluding tert-OH is 1. The summed E-state index contributed by atoms with van der Waals surface area (Å²) < 4.78 is 0. The second kappa shape index (κ2) is 5.72. The average Bonchev–Trinajstić information content (AvgIpc) is 3.26. The Hall–Kier alpha value is -2.39. The number of benzene rings is 1. The molecule has 0 heterocycles. The molecule has 0 bridgehead atoms. The number of carbonyl (C=O) groups excluding carboxylic acids is 2. The van der Waals surface area contributed by atoms with Crippen molar-refractivity contribution in [2.24, 2.45) is 5.41 Å². The van der Waals surface area contributed by atoms with Gasteiger partial charge in [0.25, 0.3) is 0 Å². The van der Waals surface area contributed by atoms with Gasteiger partial charge in [-0.2, -0.15) is 5.26 Å². The summed E-state index contributed by atoms with van der Waals surface area (Å²) in [7, 11) is 0. The maximum atomic E-state index is 11.7. The van der Waals surface area contributed by atoms with Crippen molar-refractivity contribution < 1.29 is 14.7 Å². The van der Waals surface area contributed by atoms with E-state index in [4.69, 9.17) is 10.4 Å². The van der Waals surface area contributed by atoms with Gasteiger partial charge in [-0.15, -0.1) is 0 Å². The van der Waals surface area contributed by atoms with E-state index < -0.39 is 11.8 Å². The second-order valence-corrected chi connectivity index (χ2v) is 4.95. The van der Waals surface area contributed by atoms with Gasteiger partial charge in [-0.25, -0.2) is 0 Å². The molecular formula is C14H15N3O3. The molecule has 1 aliphatic rings. The first-order valence-electron chi connectivity index (χ1n) is 6.29. The molecule has 0 aliphatic heterocycles. The number of nitriles is 1. The van der Waals surface area contributed by atoms with Gasteiger partial charge in [-0.1, -0.05) is 12.1 Å². The minimum Gasteiger partial charge on any atom is -0.396 e. The number of nitrogens with zero attached hydrogens (tertiary/aromatic N) is 1. The van der Waals surface area contributed by atoms with Crippen LogP contribution in [0.25, 0.3) is 0 Å². The van der Waals surface area contributed by atoms with Crippen LogP contribution in [0.1, 0.15) is 18.4 Å². The van der Waals surface area contributed by atoms with Gasteiger partial charge in [0.15, 0.2) is 0 Å². The molecule has 1 fully saturated rings. The topological polar surface area (TPSA) is 102 Å². The summed E-state index contributed by atoms with van der Waals surface area (Å²) in [6, 6.07) is 8.38. The number of hydrogen-bond donors (Lipinski definition) is 3. The quantitative estimate of drug-likeness (QED) is 0.690. The van der Waals surface area contributed by atoms with Crippen LogP contribution in [0.3, 0.4) is 0 Å². The molecule has 6 nitrogen and oxygen atoms in total. The molecule has 1 aliphatic carbocycles. The summed E-state index contributed by atoms with van der Waals surface area (Å²) in [4.78, 5) is 23.4. The Bertz CT molecular complexity index is 573. The van der Waals surface area contributed by atoms with E-state index in [2.05, 4.69) is 10.6 Å². The Morgan fingerprint density at radius 3 is 2.60 bits per heavy atom. The van der Waals surface area contributed by atoms with Crippen molar-refractivity contribution in [2.75, 3.05) is 18.5 Å². The van der Waals surface area contributed by atoms with E-state index >= 15 is 0 Å². The molecule has 6 heteroatoms. The van der Waals surface area contributed by atoms with Gasteiger partial charge in [0.1, 0.15) is 6.07 Å². The number of carbonyl (C=O) groups is 2. The fraction of sp³-hybridized carbons (Fsp3) is 0.357. The third-order valence-corrected chi connectivity index (χ3v) is 3.42. The van der Waals surface area contributed by atoms with Gasteiger partial charge in [-0.05, 0) is 25.0 Å². The molecule has 2 rings (SSSR count). The lowest BCUT2D eigenvalue weighted by Gasteiger charge is -2.12. The van der Waals surface area contributed by atoms with E-state index in [1.165, 1.54) is 0 Å². The minimum atomic E-state index is -0.818.